The van der Waals surface area contributed by atoms with Crippen LogP contribution in [0.15, 0.2) is 10.7 Å². The summed E-state index contributed by atoms with van der Waals surface area (Å²) in [5.41, 5.74) is 6.62. The van der Waals surface area contributed by atoms with E-state index in [0.29, 0.717) is 5.88 Å². The number of anilines is 1. The number of nitrogens with zero attached hydrogens (tertiary/aromatic N) is 2. The Hall–Kier alpha value is -1.03. The second-order valence-electron chi connectivity index (χ2n) is 3.55. The van der Waals surface area contributed by atoms with Gasteiger partial charge in [0, 0.05) is 6.54 Å². The molecule has 1 aliphatic rings. The van der Waals surface area contributed by atoms with Crippen molar-refractivity contribution >= 4 is 5.88 Å². The van der Waals surface area contributed by atoms with E-state index < -0.39 is 0 Å². The largest absolute Gasteiger partial charge is 0.367 e. The van der Waals surface area contributed by atoms with Crippen molar-refractivity contribution in [1.82, 2.24) is 10.1 Å². The highest BCUT2D eigenvalue weighted by Gasteiger charge is 2.13. The van der Waals surface area contributed by atoms with E-state index in [-0.39, 0.29) is 0 Å². The number of rotatable bonds is 2. The molecule has 0 atom stereocenters. The van der Waals surface area contributed by atoms with Crippen molar-refractivity contribution in [3.63, 3.8) is 0 Å². The van der Waals surface area contributed by atoms with E-state index in [2.05, 4.69) is 10.1 Å². The summed E-state index contributed by atoms with van der Waals surface area (Å²) >= 11 is 0. The Balaban J connectivity index is 1.93. The van der Waals surface area contributed by atoms with Gasteiger partial charge in [-0.1, -0.05) is 11.6 Å². The van der Waals surface area contributed by atoms with Gasteiger partial charge in [0.15, 0.2) is 0 Å². The van der Waals surface area contributed by atoms with Crippen LogP contribution < -0.4 is 5.73 Å². The number of likely N-dealkylation sites (tertiary alicyclic amines) is 1. The van der Waals surface area contributed by atoms with Gasteiger partial charge in [-0.3, -0.25) is 4.90 Å². The minimum Gasteiger partial charge on any atom is -0.367 e. The number of aromatic nitrogens is 1. The lowest BCUT2D eigenvalue weighted by Gasteiger charge is -2.25. The maximum Gasteiger partial charge on any atom is 0.226 e. The van der Waals surface area contributed by atoms with E-state index in [0.717, 1.165) is 12.1 Å². The first kappa shape index (κ1) is 8.56. The molecule has 0 spiro atoms. The number of nitrogen functional groups attached to an aromatic ring is 1. The van der Waals surface area contributed by atoms with Crippen molar-refractivity contribution in [3.8, 4) is 0 Å². The van der Waals surface area contributed by atoms with Crippen molar-refractivity contribution in [2.75, 3.05) is 18.8 Å². The monoisotopic (exact) mass is 181 g/mol. The molecule has 4 nitrogen and oxygen atoms in total. The molecule has 13 heavy (non-hydrogen) atoms. The number of hydrogen-bond acceptors (Lipinski definition) is 4. The summed E-state index contributed by atoms with van der Waals surface area (Å²) in [7, 11) is 0. The fraction of sp³-hybridized carbons (Fsp3) is 0.667. The van der Waals surface area contributed by atoms with Crippen LogP contribution in [0.3, 0.4) is 0 Å². The Morgan fingerprint density at radius 1 is 1.38 bits per heavy atom. The van der Waals surface area contributed by atoms with Crippen molar-refractivity contribution in [1.29, 1.82) is 0 Å². The van der Waals surface area contributed by atoms with E-state index in [9.17, 15) is 0 Å². The SMILES string of the molecule is Nc1oncc1CN1CCCCC1. The lowest BCUT2D eigenvalue weighted by Crippen LogP contribution is -2.29. The first-order valence-electron chi connectivity index (χ1n) is 4.77. The van der Waals surface area contributed by atoms with Gasteiger partial charge < -0.3 is 10.3 Å². The van der Waals surface area contributed by atoms with Gasteiger partial charge in [-0.2, -0.15) is 0 Å². The Morgan fingerprint density at radius 2 is 2.15 bits per heavy atom. The Morgan fingerprint density at radius 3 is 2.77 bits per heavy atom. The molecule has 1 aromatic rings. The summed E-state index contributed by atoms with van der Waals surface area (Å²) < 4.78 is 4.81. The standard InChI is InChI=1S/C9H15N3O/c10-9-8(6-11-13-9)7-12-4-2-1-3-5-12/h6H,1-5,7,10H2. The number of piperidine rings is 1. The molecule has 0 bridgehead atoms. The molecule has 1 fully saturated rings. The van der Waals surface area contributed by atoms with Crippen LogP contribution in [0.5, 0.6) is 0 Å². The molecule has 2 N–H and O–H groups in total. The zero-order chi connectivity index (χ0) is 9.10. The molecule has 0 aliphatic carbocycles. The molecule has 0 radical (unpaired) electrons. The molecular formula is C9H15N3O. The number of nitrogens with two attached hydrogens (primary N) is 1. The van der Waals surface area contributed by atoms with E-state index >= 15 is 0 Å². The van der Waals surface area contributed by atoms with Crippen LogP contribution in [0.25, 0.3) is 0 Å². The maximum absolute atomic E-state index is 5.60. The second kappa shape index (κ2) is 3.79. The minimum absolute atomic E-state index is 0.463. The second-order valence-corrected chi connectivity index (χ2v) is 3.55. The van der Waals surface area contributed by atoms with Crippen molar-refractivity contribution in [2.45, 2.75) is 25.8 Å². The van der Waals surface area contributed by atoms with Crippen LogP contribution >= 0.6 is 0 Å². The van der Waals surface area contributed by atoms with E-state index in [1.807, 2.05) is 0 Å². The number of hydrogen-bond donors (Lipinski definition) is 1. The highest BCUT2D eigenvalue weighted by Crippen LogP contribution is 2.16. The van der Waals surface area contributed by atoms with E-state index in [4.69, 9.17) is 10.3 Å². The molecule has 1 saturated heterocycles. The highest BCUT2D eigenvalue weighted by atomic mass is 16.5. The molecule has 0 aromatic carbocycles. The third-order valence-electron chi connectivity index (χ3n) is 2.52. The highest BCUT2D eigenvalue weighted by molar-refractivity contribution is 5.32. The molecule has 1 aliphatic heterocycles. The lowest BCUT2D eigenvalue weighted by molar-refractivity contribution is 0.221. The van der Waals surface area contributed by atoms with Crippen molar-refractivity contribution in [2.24, 2.45) is 0 Å². The summed E-state index contributed by atoms with van der Waals surface area (Å²) in [5.74, 6) is 0.463. The van der Waals surface area contributed by atoms with Crippen LogP contribution in [0.4, 0.5) is 5.88 Å². The third-order valence-corrected chi connectivity index (χ3v) is 2.52. The molecule has 0 unspecified atom stereocenters. The van der Waals surface area contributed by atoms with Crippen LogP contribution in [0.1, 0.15) is 24.8 Å². The fourth-order valence-electron chi connectivity index (χ4n) is 1.75. The average molecular weight is 181 g/mol. The molecule has 0 saturated carbocycles. The Bertz CT molecular complexity index is 266. The molecule has 2 rings (SSSR count). The minimum atomic E-state index is 0.463. The Kier molecular flexibility index (Phi) is 2.49. The van der Waals surface area contributed by atoms with Gasteiger partial charge >= 0.3 is 0 Å². The summed E-state index contributed by atoms with van der Waals surface area (Å²) in [6, 6.07) is 0. The summed E-state index contributed by atoms with van der Waals surface area (Å²) in [5, 5.41) is 3.66. The zero-order valence-corrected chi connectivity index (χ0v) is 7.70. The molecule has 72 valence electrons. The van der Waals surface area contributed by atoms with Gasteiger partial charge in [0.25, 0.3) is 0 Å². The van der Waals surface area contributed by atoms with Gasteiger partial charge in [0.1, 0.15) is 0 Å². The van der Waals surface area contributed by atoms with Gasteiger partial charge in [0.05, 0.1) is 11.8 Å². The van der Waals surface area contributed by atoms with Gasteiger partial charge in [-0.05, 0) is 25.9 Å². The average Bonchev–Trinajstić information content (AvgIpc) is 2.54. The van der Waals surface area contributed by atoms with E-state index in [1.54, 1.807) is 6.20 Å². The molecule has 0 amide bonds. The first-order chi connectivity index (χ1) is 6.36. The predicted octanol–water partition coefficient (Wildman–Crippen LogP) is 1.24. The molecular weight excluding hydrogens is 166 g/mol. The van der Waals surface area contributed by atoms with Crippen LogP contribution in [-0.2, 0) is 6.54 Å². The normalized spacial score (nSPS) is 19.1. The lowest BCUT2D eigenvalue weighted by atomic mass is 10.1. The topological polar surface area (TPSA) is 55.3 Å². The zero-order valence-electron chi connectivity index (χ0n) is 7.70. The maximum atomic E-state index is 5.60. The summed E-state index contributed by atoms with van der Waals surface area (Å²) in [6.45, 7) is 3.23. The van der Waals surface area contributed by atoms with Gasteiger partial charge in [-0.15, -0.1) is 0 Å². The van der Waals surface area contributed by atoms with E-state index in [1.165, 1.54) is 32.4 Å². The Labute approximate surface area is 77.7 Å². The predicted molar refractivity (Wildman–Crippen MR) is 50.0 cm³/mol. The summed E-state index contributed by atoms with van der Waals surface area (Å²) in [4.78, 5) is 2.40. The van der Waals surface area contributed by atoms with Crippen LogP contribution in [-0.4, -0.2) is 23.1 Å². The smallest absolute Gasteiger partial charge is 0.226 e. The third kappa shape index (κ3) is 2.01. The molecule has 4 heteroatoms. The fourth-order valence-corrected chi connectivity index (χ4v) is 1.75. The van der Waals surface area contributed by atoms with Crippen molar-refractivity contribution in [3.05, 3.63) is 11.8 Å². The van der Waals surface area contributed by atoms with Gasteiger partial charge in [-0.25, -0.2) is 0 Å². The molecule has 2 heterocycles. The molecule has 1 aromatic heterocycles. The van der Waals surface area contributed by atoms with Crippen LogP contribution in [0, 0.1) is 0 Å². The first-order valence-corrected chi connectivity index (χ1v) is 4.77. The quantitative estimate of drug-likeness (QED) is 0.745. The van der Waals surface area contributed by atoms with Crippen LogP contribution in [0.2, 0.25) is 0 Å². The van der Waals surface area contributed by atoms with Gasteiger partial charge in [0.2, 0.25) is 5.88 Å². The summed E-state index contributed by atoms with van der Waals surface area (Å²) in [6.07, 6.45) is 5.66. The van der Waals surface area contributed by atoms with Crippen molar-refractivity contribution < 1.29 is 4.52 Å².